The Kier molecular flexibility index (Phi) is 42.2. The van der Waals surface area contributed by atoms with Gasteiger partial charge in [-0.1, -0.05) is 148 Å². The van der Waals surface area contributed by atoms with E-state index in [1.54, 1.807) is 36.6 Å². The number of hydrogen-bond donors (Lipinski definition) is 3. The van der Waals surface area contributed by atoms with Crippen molar-refractivity contribution in [3.05, 3.63) is 229 Å². The van der Waals surface area contributed by atoms with E-state index in [1.807, 2.05) is 91.0 Å². The number of halogens is 4. The molecule has 11 heterocycles. The van der Waals surface area contributed by atoms with Crippen LogP contribution < -0.4 is 39.3 Å². The summed E-state index contributed by atoms with van der Waals surface area (Å²) in [6.45, 7) is 25.4. The third kappa shape index (κ3) is 34.1. The van der Waals surface area contributed by atoms with Crippen molar-refractivity contribution < 1.29 is 45.0 Å². The number of sulfone groups is 1. The van der Waals surface area contributed by atoms with E-state index in [9.17, 15) is 35.6 Å². The number of H-pyrrole nitrogens is 2. The molecule has 6 aromatic heterocycles. The summed E-state index contributed by atoms with van der Waals surface area (Å²) in [7, 11) is -1.15. The van der Waals surface area contributed by atoms with Crippen molar-refractivity contribution in [2.24, 2.45) is 11.8 Å². The molecule has 139 heavy (non-hydrogen) atoms. The molecule has 18 rings (SSSR count). The minimum atomic E-state index is -2.89. The van der Waals surface area contributed by atoms with Crippen LogP contribution in [0.5, 0.6) is 11.5 Å². The lowest BCUT2D eigenvalue weighted by molar-refractivity contribution is -0.124. The number of alkyl halides is 1. The third-order valence-corrected chi connectivity index (χ3v) is 30.8. The quantitative estimate of drug-likeness (QED) is 0.0141. The van der Waals surface area contributed by atoms with Gasteiger partial charge in [0, 0.05) is 201 Å². The van der Waals surface area contributed by atoms with Crippen molar-refractivity contribution in [3.63, 3.8) is 0 Å². The number of thiazole rings is 1. The Morgan fingerprint density at radius 3 is 1.55 bits per heavy atom. The van der Waals surface area contributed by atoms with Gasteiger partial charge in [0.05, 0.1) is 35.7 Å². The third-order valence-electron chi connectivity index (χ3n) is 28.1. The van der Waals surface area contributed by atoms with Gasteiger partial charge in [-0.15, -0.1) is 11.3 Å². The minimum Gasteiger partial charge on any atom is -0.495 e. The molecular formula is C110H147F4N17O6S2. The van der Waals surface area contributed by atoms with Gasteiger partial charge in [-0.3, -0.25) is 34.1 Å². The number of Topliss-reactive ketones (excluding diaryl/α,β-unsaturated/α-hetero) is 2. The zero-order valence-corrected chi connectivity index (χ0v) is 83.4. The predicted molar refractivity (Wildman–Crippen MR) is 560 cm³/mol. The average Bonchev–Trinajstić information content (AvgIpc) is 1.75. The number of methoxy groups -OCH3 is 1. The number of ketones is 2. The normalized spacial score (nSPS) is 16.9. The number of nitrogens with one attached hydrogen (secondary N) is 3. The Hall–Kier alpha value is -10.5. The summed E-state index contributed by atoms with van der Waals surface area (Å²) in [4.78, 5) is 71.5. The number of unbranched alkanes of at least 4 members (excludes halogenated alkanes) is 5. The van der Waals surface area contributed by atoms with Gasteiger partial charge in [-0.05, 0) is 219 Å². The van der Waals surface area contributed by atoms with Crippen LogP contribution in [0, 0.1) is 29.7 Å². The minimum absolute atomic E-state index is 0.123. The topological polar surface area (TPSA) is 214 Å². The smallest absolute Gasteiger partial charge is 0.214 e. The Labute approximate surface area is 825 Å². The number of fused-ring (bicyclic) bond motifs is 2. The zero-order chi connectivity index (χ0) is 96.4. The van der Waals surface area contributed by atoms with E-state index < -0.39 is 34.4 Å². The van der Waals surface area contributed by atoms with Crippen molar-refractivity contribution in [3.8, 4) is 22.8 Å². The maximum absolute atomic E-state index is 13.3. The number of aryl methyl sites for hydroxylation is 1. The molecule has 5 aromatic carbocycles. The first-order valence-electron chi connectivity index (χ1n) is 51.4. The number of piperazine rings is 5. The number of carbonyl (C=O) groups is 2. The molecule has 3 N–H and O–H groups in total. The highest BCUT2D eigenvalue weighted by Crippen LogP contribution is 2.33. The van der Waals surface area contributed by atoms with Crippen LogP contribution in [0.25, 0.3) is 33.1 Å². The summed E-state index contributed by atoms with van der Waals surface area (Å²) < 4.78 is 87.4. The molecule has 11 aromatic rings. The summed E-state index contributed by atoms with van der Waals surface area (Å²) in [5.74, 6) is 4.80. The van der Waals surface area contributed by atoms with Gasteiger partial charge in [0.15, 0.2) is 20.8 Å². The lowest BCUT2D eigenvalue weighted by atomic mass is 9.85. The molecular weight excluding hydrogens is 1790 g/mol. The second-order valence-electron chi connectivity index (χ2n) is 37.9. The van der Waals surface area contributed by atoms with Gasteiger partial charge in [0.2, 0.25) is 17.8 Å². The second-order valence-corrected chi connectivity index (χ2v) is 41.0. The molecule has 0 amide bonds. The number of ether oxygens (including phenoxy) is 2. The molecule has 0 unspecified atom stereocenters. The first-order valence-corrected chi connectivity index (χ1v) is 54.1. The molecule has 0 radical (unpaired) electrons. The van der Waals surface area contributed by atoms with Crippen LogP contribution in [0.3, 0.4) is 0 Å². The monoisotopic (exact) mass is 1940 g/mol. The first-order chi connectivity index (χ1) is 68.1. The van der Waals surface area contributed by atoms with Gasteiger partial charge in [0.1, 0.15) is 48.0 Å². The summed E-state index contributed by atoms with van der Waals surface area (Å²) in [5, 5.41) is 8.97. The number of anilines is 6. The molecule has 0 atom stereocenters. The maximum Gasteiger partial charge on any atom is 0.214 e. The molecule has 5 aliphatic heterocycles. The van der Waals surface area contributed by atoms with E-state index >= 15 is 0 Å². The summed E-state index contributed by atoms with van der Waals surface area (Å²) in [6, 6.07) is 59.9. The fourth-order valence-electron chi connectivity index (χ4n) is 20.0. The predicted octanol–water partition coefficient (Wildman–Crippen LogP) is 20.2. The van der Waals surface area contributed by atoms with Crippen LogP contribution in [0.1, 0.15) is 157 Å². The SMILES string of the molecule is O=C(CCCN1CCN(c2cccc([18F])n2)CC1)C1CCCCC1.O=S(=O)(CCCCCN1CCN(c2cccc(F)n2)CC1)CC1CCCCC1.[11CH3]Oc1ccccc1N1CCN(CCCCCC(=O)c2cc3ccccc3[nH]2)CC1.[18F]CCOc1ccc(N2CCN(CCCCc3c[nH]c4ccccc34)CC2)cc1.[18F]c1cccc(N2CCN(CCCNc3nc(-c4ccccc4)cs3)CC2)n1. The second kappa shape index (κ2) is 56.2. The zero-order valence-electron chi connectivity index (χ0n) is 81.7. The fraction of sp³-hybridized carbons (Fsp3) is 0.509. The van der Waals surface area contributed by atoms with Crippen molar-refractivity contribution >= 4 is 88.5 Å². The number of hydrogen-bond acceptors (Lipinski definition) is 22. The van der Waals surface area contributed by atoms with E-state index in [-0.39, 0.29) is 12.4 Å². The number of rotatable bonds is 40. The Morgan fingerprint density at radius 1 is 0.475 bits per heavy atom. The molecule has 7 aliphatic rings. The van der Waals surface area contributed by atoms with Crippen molar-refractivity contribution in [1.82, 2.24) is 54.4 Å². The molecule has 7 fully saturated rings. The van der Waals surface area contributed by atoms with Crippen LogP contribution >= 0.6 is 11.3 Å². The van der Waals surface area contributed by atoms with Crippen LogP contribution in [0.2, 0.25) is 0 Å². The number of benzene rings is 5. The van der Waals surface area contributed by atoms with E-state index in [4.69, 9.17) is 9.47 Å². The molecule has 0 bridgehead atoms. The molecule has 2 saturated carbocycles. The standard InChI is InChI=1S/C25H31N3O2.C24H30FN3O.C21H24FN5S.C21H34FN3O2S.C19H28FN3O/c1-30-25-13-7-6-11-23(25)28-17-15-27(16-18-28)14-8-2-3-12-24(29)22-19-20-9-4-5-10-21(20)26-22;25-12-18-29-22-10-8-21(9-11-22)28-16-14-27(15-17-28)13-4-3-5-20-19-26-24-7-2-1-6-23(20)24;22-19-8-4-9-20(25-19)27-14-12-26(13-15-27)11-5-10-23-21-24-18(16-28-21)17-6-2-1-3-7-17;22-20-10-7-11-21(23-20)25-15-13-24(14-16-25)12-5-2-6-17-28(26,27)18-19-8-3-1-4-9-19;20-18-9-4-10-19(21-18)23-14-12-22(13-15-23)11-5-8-17(24)16-6-2-1-3-7-16/h4-7,9-11,13,19,26H,2-3,8,12,14-18H2,1H3;1-2,6-11,19,26H,3-5,12-18H2;1-4,6-9,16H,5,10-15H2,(H,23,24);7,10-11,19H,1-6,8-9,12-18H2;4,9-10,16H,1-3,5-8,11-15H2/i1-1;25-1;22-1;;20-1. The van der Waals surface area contributed by atoms with Gasteiger partial charge in [0.25, 0.3) is 0 Å². The average molecular weight is 1940 g/mol. The number of nitrogens with zero attached hydrogens (tertiary/aromatic N) is 14. The van der Waals surface area contributed by atoms with Crippen LogP contribution in [0.4, 0.5) is 51.5 Å². The lowest BCUT2D eigenvalue weighted by Crippen LogP contribution is -2.47. The van der Waals surface area contributed by atoms with E-state index in [2.05, 4.69) is 156 Å². The Balaban J connectivity index is 0.000000139. The van der Waals surface area contributed by atoms with Crippen LogP contribution in [0.15, 0.2) is 200 Å². The highest BCUT2D eigenvalue weighted by atomic mass is 32.2. The van der Waals surface area contributed by atoms with Crippen molar-refractivity contribution in [2.45, 2.75) is 148 Å². The highest BCUT2D eigenvalue weighted by molar-refractivity contribution is 7.91. The highest BCUT2D eigenvalue weighted by Gasteiger charge is 2.28. The van der Waals surface area contributed by atoms with E-state index in [0.29, 0.717) is 41.4 Å². The van der Waals surface area contributed by atoms with E-state index in [1.165, 1.54) is 104 Å². The Bertz CT molecular complexity index is 5500. The number of para-hydroxylation sites is 4. The van der Waals surface area contributed by atoms with Gasteiger partial charge >= 0.3 is 0 Å². The maximum atomic E-state index is 13.3. The van der Waals surface area contributed by atoms with Crippen LogP contribution in [-0.4, -0.2) is 276 Å². The van der Waals surface area contributed by atoms with Gasteiger partial charge in [-0.25, -0.2) is 32.7 Å². The first kappa shape index (κ1) is 104. The van der Waals surface area contributed by atoms with Crippen molar-refractivity contribution in [1.29, 1.82) is 0 Å². The molecule has 2 aliphatic carbocycles. The molecule has 0 spiro atoms. The lowest BCUT2D eigenvalue weighted by Gasteiger charge is -2.36. The summed E-state index contributed by atoms with van der Waals surface area (Å²) in [5.41, 5.74) is 9.03. The number of carbonyl (C=O) groups excluding carboxylic acids is 2. The molecule has 748 valence electrons. The summed E-state index contributed by atoms with van der Waals surface area (Å²) in [6.07, 6.45) is 27.0. The number of aromatic nitrogens is 6. The van der Waals surface area contributed by atoms with Gasteiger partial charge in [-0.2, -0.15) is 13.2 Å². The van der Waals surface area contributed by atoms with Gasteiger partial charge < -0.3 is 49.3 Å². The Morgan fingerprint density at radius 2 is 0.978 bits per heavy atom. The largest absolute Gasteiger partial charge is 0.495 e. The van der Waals surface area contributed by atoms with E-state index in [0.717, 1.165) is 310 Å². The molecule has 23 nitrogen and oxygen atoms in total. The number of pyridine rings is 3. The van der Waals surface area contributed by atoms with Crippen molar-refractivity contribution in [2.75, 3.05) is 232 Å². The molecule has 5 saturated heterocycles. The fourth-order valence-corrected chi connectivity index (χ4v) is 22.7. The van der Waals surface area contributed by atoms with Crippen LogP contribution in [-0.2, 0) is 21.1 Å². The summed E-state index contributed by atoms with van der Waals surface area (Å²) >= 11 is 1.65. The molecule has 29 heteroatoms. The number of aromatic amines is 2.